The smallest absolute Gasteiger partial charge is 0.407 e. The fourth-order valence-corrected chi connectivity index (χ4v) is 2.74. The lowest BCUT2D eigenvalue weighted by Crippen LogP contribution is -2.33. The Kier molecular flexibility index (Phi) is 7.90. The predicted octanol–water partition coefficient (Wildman–Crippen LogP) is 4.94. The summed E-state index contributed by atoms with van der Waals surface area (Å²) in [6.45, 7) is 3.51. The van der Waals surface area contributed by atoms with Crippen molar-refractivity contribution in [1.82, 2.24) is 10.6 Å². The fourth-order valence-electron chi connectivity index (χ4n) is 2.74. The SMILES string of the molecule is CC(NC(=O)c1cccc(F)c1CNC(=O)OC(C)(C)C)c1cccc(OC(F)F)c1. The summed E-state index contributed by atoms with van der Waals surface area (Å²) in [5.74, 6) is -1.29. The van der Waals surface area contributed by atoms with Crippen LogP contribution >= 0.6 is 0 Å². The van der Waals surface area contributed by atoms with Crippen molar-refractivity contribution < 1.29 is 32.2 Å². The van der Waals surface area contributed by atoms with Gasteiger partial charge < -0.3 is 20.1 Å². The number of alkyl carbamates (subject to hydrolysis) is 1. The number of nitrogens with one attached hydrogen (secondary N) is 2. The molecular weight excluding hydrogens is 413 g/mol. The highest BCUT2D eigenvalue weighted by Crippen LogP contribution is 2.22. The average Bonchev–Trinajstić information content (AvgIpc) is 2.65. The molecule has 0 saturated carbocycles. The molecule has 0 bridgehead atoms. The van der Waals surface area contributed by atoms with Crippen molar-refractivity contribution in [1.29, 1.82) is 0 Å². The topological polar surface area (TPSA) is 76.7 Å². The minimum atomic E-state index is -2.97. The van der Waals surface area contributed by atoms with E-state index in [0.29, 0.717) is 5.56 Å². The zero-order chi connectivity index (χ0) is 23.2. The molecule has 2 aromatic rings. The molecule has 6 nitrogen and oxygen atoms in total. The van der Waals surface area contributed by atoms with Crippen LogP contribution in [0.4, 0.5) is 18.0 Å². The van der Waals surface area contributed by atoms with Gasteiger partial charge in [-0.25, -0.2) is 9.18 Å². The van der Waals surface area contributed by atoms with Crippen LogP contribution in [0.2, 0.25) is 0 Å². The Morgan fingerprint density at radius 1 is 1.10 bits per heavy atom. The third-order valence-corrected chi connectivity index (χ3v) is 4.10. The molecule has 168 valence electrons. The van der Waals surface area contributed by atoms with Crippen molar-refractivity contribution in [2.24, 2.45) is 0 Å². The van der Waals surface area contributed by atoms with Crippen LogP contribution < -0.4 is 15.4 Å². The third kappa shape index (κ3) is 7.51. The summed E-state index contributed by atoms with van der Waals surface area (Å²) in [7, 11) is 0. The van der Waals surface area contributed by atoms with Crippen molar-refractivity contribution in [2.75, 3.05) is 0 Å². The third-order valence-electron chi connectivity index (χ3n) is 4.10. The van der Waals surface area contributed by atoms with Crippen molar-refractivity contribution >= 4 is 12.0 Å². The molecule has 0 fully saturated rings. The molecule has 0 aliphatic rings. The summed E-state index contributed by atoms with van der Waals surface area (Å²) in [6.07, 6.45) is -0.744. The van der Waals surface area contributed by atoms with Gasteiger partial charge >= 0.3 is 12.7 Å². The van der Waals surface area contributed by atoms with Gasteiger partial charge in [-0.05, 0) is 57.5 Å². The summed E-state index contributed by atoms with van der Waals surface area (Å²) in [5, 5.41) is 5.13. The van der Waals surface area contributed by atoms with Gasteiger partial charge in [0.15, 0.2) is 0 Å². The first-order chi connectivity index (χ1) is 14.5. The van der Waals surface area contributed by atoms with E-state index in [1.54, 1.807) is 33.8 Å². The van der Waals surface area contributed by atoms with Crippen molar-refractivity contribution in [2.45, 2.75) is 52.5 Å². The number of carbonyl (C=O) groups is 2. The van der Waals surface area contributed by atoms with E-state index in [1.165, 1.54) is 36.4 Å². The van der Waals surface area contributed by atoms with Crippen LogP contribution in [-0.4, -0.2) is 24.2 Å². The Bertz CT molecular complexity index is 929. The Hall–Kier alpha value is -3.23. The van der Waals surface area contributed by atoms with Crippen LogP contribution in [0.3, 0.4) is 0 Å². The first-order valence-corrected chi connectivity index (χ1v) is 9.56. The van der Waals surface area contributed by atoms with Gasteiger partial charge in [-0.2, -0.15) is 8.78 Å². The number of hydrogen-bond donors (Lipinski definition) is 2. The van der Waals surface area contributed by atoms with E-state index >= 15 is 0 Å². The van der Waals surface area contributed by atoms with Gasteiger partial charge in [0.2, 0.25) is 0 Å². The molecule has 1 atom stereocenters. The Balaban J connectivity index is 2.13. The van der Waals surface area contributed by atoms with Gasteiger partial charge in [-0.1, -0.05) is 18.2 Å². The molecule has 2 N–H and O–H groups in total. The maximum absolute atomic E-state index is 14.4. The molecule has 0 spiro atoms. The average molecular weight is 438 g/mol. The molecule has 31 heavy (non-hydrogen) atoms. The maximum atomic E-state index is 14.4. The molecule has 2 amide bonds. The summed E-state index contributed by atoms with van der Waals surface area (Å²) in [5.41, 5.74) is -0.176. The van der Waals surface area contributed by atoms with Crippen molar-refractivity contribution in [3.05, 3.63) is 65.0 Å². The highest BCUT2D eigenvalue weighted by Gasteiger charge is 2.20. The standard InChI is InChI=1S/C22H25F3N2O4/c1-13(14-7-5-8-15(11-14)30-20(24)25)27-19(28)16-9-6-10-18(23)17(16)12-26-21(29)31-22(2,3)4/h5-11,13,20H,12H2,1-4H3,(H,26,29)(H,27,28). The highest BCUT2D eigenvalue weighted by molar-refractivity contribution is 5.96. The number of halogens is 3. The molecule has 9 heteroatoms. The summed E-state index contributed by atoms with van der Waals surface area (Å²) in [4.78, 5) is 24.6. The molecular formula is C22H25F3N2O4. The Morgan fingerprint density at radius 3 is 2.42 bits per heavy atom. The molecule has 0 aliphatic heterocycles. The van der Waals surface area contributed by atoms with Gasteiger partial charge in [0.25, 0.3) is 5.91 Å². The number of amides is 2. The number of hydrogen-bond acceptors (Lipinski definition) is 4. The van der Waals surface area contributed by atoms with Crippen LogP contribution in [-0.2, 0) is 11.3 Å². The molecule has 2 rings (SSSR count). The van der Waals surface area contributed by atoms with Gasteiger partial charge in [0.05, 0.1) is 6.04 Å². The van der Waals surface area contributed by atoms with E-state index in [1.807, 2.05) is 0 Å². The maximum Gasteiger partial charge on any atom is 0.407 e. The summed E-state index contributed by atoms with van der Waals surface area (Å²) < 4.78 is 48.7. The predicted molar refractivity (Wildman–Crippen MR) is 108 cm³/mol. The zero-order valence-electron chi connectivity index (χ0n) is 17.7. The minimum absolute atomic E-state index is 0.00663. The second-order valence-corrected chi connectivity index (χ2v) is 7.77. The van der Waals surface area contributed by atoms with E-state index in [4.69, 9.17) is 4.74 Å². The largest absolute Gasteiger partial charge is 0.444 e. The van der Waals surface area contributed by atoms with E-state index in [0.717, 1.165) is 0 Å². The Labute approximate surface area is 178 Å². The molecule has 0 radical (unpaired) electrons. The van der Waals surface area contributed by atoms with Crippen molar-refractivity contribution in [3.8, 4) is 5.75 Å². The molecule has 1 unspecified atom stereocenters. The molecule has 0 aromatic heterocycles. The van der Waals surface area contributed by atoms with Crippen LogP contribution in [0.15, 0.2) is 42.5 Å². The normalized spacial score (nSPS) is 12.3. The fraction of sp³-hybridized carbons (Fsp3) is 0.364. The van der Waals surface area contributed by atoms with Crippen LogP contribution in [0.25, 0.3) is 0 Å². The summed E-state index contributed by atoms with van der Waals surface area (Å²) >= 11 is 0. The summed E-state index contributed by atoms with van der Waals surface area (Å²) in [6, 6.07) is 9.32. The van der Waals surface area contributed by atoms with Crippen molar-refractivity contribution in [3.63, 3.8) is 0 Å². The first kappa shape index (κ1) is 24.0. The number of benzene rings is 2. The van der Waals surface area contributed by atoms with E-state index in [9.17, 15) is 22.8 Å². The monoisotopic (exact) mass is 438 g/mol. The van der Waals surface area contributed by atoms with Gasteiger partial charge in [0.1, 0.15) is 17.2 Å². The van der Waals surface area contributed by atoms with Gasteiger partial charge in [0, 0.05) is 17.7 Å². The number of alkyl halides is 2. The van der Waals surface area contributed by atoms with Crippen LogP contribution in [0, 0.1) is 5.82 Å². The first-order valence-electron chi connectivity index (χ1n) is 9.56. The lowest BCUT2D eigenvalue weighted by molar-refractivity contribution is -0.0499. The number of ether oxygens (including phenoxy) is 2. The number of rotatable bonds is 7. The molecule has 0 heterocycles. The van der Waals surface area contributed by atoms with Crippen LogP contribution in [0.1, 0.15) is 55.2 Å². The van der Waals surface area contributed by atoms with E-state index in [-0.39, 0.29) is 23.4 Å². The van der Waals surface area contributed by atoms with Gasteiger partial charge in [-0.15, -0.1) is 0 Å². The van der Waals surface area contributed by atoms with E-state index < -0.39 is 36.1 Å². The second-order valence-electron chi connectivity index (χ2n) is 7.77. The molecule has 0 aliphatic carbocycles. The van der Waals surface area contributed by atoms with E-state index in [2.05, 4.69) is 15.4 Å². The van der Waals surface area contributed by atoms with Crippen LogP contribution in [0.5, 0.6) is 5.75 Å². The lowest BCUT2D eigenvalue weighted by Gasteiger charge is -2.20. The minimum Gasteiger partial charge on any atom is -0.444 e. The number of carbonyl (C=O) groups excluding carboxylic acids is 2. The highest BCUT2D eigenvalue weighted by atomic mass is 19.3. The Morgan fingerprint density at radius 2 is 1.77 bits per heavy atom. The van der Waals surface area contributed by atoms with Gasteiger partial charge in [-0.3, -0.25) is 4.79 Å². The second kappa shape index (κ2) is 10.2. The lowest BCUT2D eigenvalue weighted by atomic mass is 10.0. The molecule has 0 saturated heterocycles. The quantitative estimate of drug-likeness (QED) is 0.642. The zero-order valence-corrected chi connectivity index (χ0v) is 17.7. The molecule has 2 aromatic carbocycles.